The molecule has 2 aromatic heterocycles. The van der Waals surface area contributed by atoms with Crippen LogP contribution in [0.1, 0.15) is 61.2 Å². The van der Waals surface area contributed by atoms with Gasteiger partial charge in [-0.1, -0.05) is 93.6 Å². The van der Waals surface area contributed by atoms with Crippen LogP contribution >= 0.6 is 0 Å². The molecule has 0 saturated heterocycles. The summed E-state index contributed by atoms with van der Waals surface area (Å²) < 4.78 is 30.2. The van der Waals surface area contributed by atoms with E-state index >= 15 is 0 Å². The van der Waals surface area contributed by atoms with Gasteiger partial charge in [0.1, 0.15) is 5.82 Å². The van der Waals surface area contributed by atoms with Gasteiger partial charge in [-0.2, -0.15) is 0 Å². The second kappa shape index (κ2) is 12.8. The number of sulfonamides is 1. The van der Waals surface area contributed by atoms with Crippen LogP contribution in [0.5, 0.6) is 0 Å². The van der Waals surface area contributed by atoms with Gasteiger partial charge in [-0.05, 0) is 64.6 Å². The molecule has 0 amide bonds. The summed E-state index contributed by atoms with van der Waals surface area (Å²) in [7, 11) is -3.94. The zero-order valence-electron chi connectivity index (χ0n) is 24.4. The average Bonchev–Trinajstić information content (AvgIpc) is 3.02. The van der Waals surface area contributed by atoms with Gasteiger partial charge in [-0.25, -0.2) is 13.4 Å². The molecule has 0 aliphatic heterocycles. The van der Waals surface area contributed by atoms with Crippen molar-refractivity contribution in [3.05, 3.63) is 150 Å². The van der Waals surface area contributed by atoms with Crippen LogP contribution in [0, 0.1) is 0 Å². The predicted molar refractivity (Wildman–Crippen MR) is 171 cm³/mol. The monoisotopic (exact) mass is 592 g/mol. The summed E-state index contributed by atoms with van der Waals surface area (Å²) in [6.45, 7) is 6.25. The average molecular weight is 593 g/mol. The summed E-state index contributed by atoms with van der Waals surface area (Å²) in [6.07, 6.45) is 2.39. The number of pyridine rings is 2. The largest absolute Gasteiger partial charge is 0.388 e. The van der Waals surface area contributed by atoms with Crippen molar-refractivity contribution in [3.63, 3.8) is 0 Å². The van der Waals surface area contributed by atoms with Gasteiger partial charge >= 0.3 is 0 Å². The molecule has 3 aromatic carbocycles. The van der Waals surface area contributed by atoms with Crippen molar-refractivity contribution in [2.75, 3.05) is 10.0 Å². The number of para-hydroxylation sites is 1. The maximum absolute atomic E-state index is 13.7. The van der Waals surface area contributed by atoms with E-state index in [1.165, 1.54) is 0 Å². The van der Waals surface area contributed by atoms with E-state index < -0.39 is 28.1 Å². The molecule has 0 radical (unpaired) electrons. The third-order valence-corrected chi connectivity index (χ3v) is 8.79. The van der Waals surface area contributed by atoms with Crippen molar-refractivity contribution in [1.82, 2.24) is 9.97 Å². The minimum Gasteiger partial charge on any atom is -0.388 e. The minimum absolute atomic E-state index is 0.104. The lowest BCUT2D eigenvalue weighted by Crippen LogP contribution is -2.27. The molecule has 5 aromatic rings. The van der Waals surface area contributed by atoms with E-state index in [2.05, 4.69) is 40.8 Å². The van der Waals surface area contributed by atoms with Crippen molar-refractivity contribution < 1.29 is 13.5 Å². The molecule has 0 aliphatic carbocycles. The van der Waals surface area contributed by atoms with Gasteiger partial charge in [0.15, 0.2) is 0 Å². The van der Waals surface area contributed by atoms with Crippen LogP contribution < -0.4 is 10.0 Å². The normalized spacial score (nSPS) is 14.0. The van der Waals surface area contributed by atoms with Crippen LogP contribution in [0.3, 0.4) is 0 Å². The van der Waals surface area contributed by atoms with Gasteiger partial charge in [-0.3, -0.25) is 9.71 Å². The van der Waals surface area contributed by atoms with Crippen molar-refractivity contribution in [3.8, 4) is 0 Å². The van der Waals surface area contributed by atoms with E-state index in [1.807, 2.05) is 91.0 Å². The second-order valence-electron chi connectivity index (χ2n) is 11.4. The smallest absolute Gasteiger partial charge is 0.261 e. The van der Waals surface area contributed by atoms with E-state index in [0.29, 0.717) is 28.3 Å². The Hall–Kier alpha value is -4.53. The number of nitrogens with one attached hydrogen (secondary N) is 2. The van der Waals surface area contributed by atoms with Crippen LogP contribution in [0.25, 0.3) is 0 Å². The zero-order chi connectivity index (χ0) is 30.5. The van der Waals surface area contributed by atoms with E-state index in [0.717, 1.165) is 5.56 Å². The zero-order valence-corrected chi connectivity index (χ0v) is 25.2. The highest BCUT2D eigenvalue weighted by Crippen LogP contribution is 2.44. The van der Waals surface area contributed by atoms with Gasteiger partial charge in [-0.15, -0.1) is 0 Å². The van der Waals surface area contributed by atoms with Crippen molar-refractivity contribution in [2.24, 2.45) is 0 Å². The van der Waals surface area contributed by atoms with Crippen LogP contribution in [0.15, 0.2) is 133 Å². The SMILES string of the molecule is CC(C)(C)c1ccc(S(=O)(=O)Nc2ccccc2C(Nc2ccccn2)C(c2ccccn2)C(O)c2ccccc2)cc1. The molecule has 0 spiro atoms. The van der Waals surface area contributed by atoms with E-state index in [-0.39, 0.29) is 10.3 Å². The molecule has 3 N–H and O–H groups in total. The first-order valence-electron chi connectivity index (χ1n) is 14.2. The Morgan fingerprint density at radius 1 is 0.721 bits per heavy atom. The number of aliphatic hydroxyl groups is 1. The molecule has 0 aliphatic rings. The summed E-state index contributed by atoms with van der Waals surface area (Å²) in [5, 5.41) is 15.4. The molecule has 43 heavy (non-hydrogen) atoms. The van der Waals surface area contributed by atoms with Crippen LogP contribution in [-0.4, -0.2) is 23.5 Å². The molecule has 8 heteroatoms. The summed E-state index contributed by atoms with van der Waals surface area (Å²) in [5.41, 5.74) is 3.31. The van der Waals surface area contributed by atoms with Gasteiger partial charge < -0.3 is 10.4 Å². The summed E-state index contributed by atoms with van der Waals surface area (Å²) >= 11 is 0. The second-order valence-corrected chi connectivity index (χ2v) is 13.1. The Labute approximate surface area is 253 Å². The summed E-state index contributed by atoms with van der Waals surface area (Å²) in [5.74, 6) is -0.0496. The first kappa shape index (κ1) is 29.9. The fourth-order valence-corrected chi connectivity index (χ4v) is 6.20. The standard InChI is InChI=1S/C35H36N4O3S/c1-35(2,3)26-19-21-27(22-20-26)43(41,42)39-29-16-8-7-15-28(29)33(38-31-18-10-12-24-37-31)32(30-17-9-11-23-36-30)34(40)25-13-5-4-6-14-25/h4-24,32-34,39-40H,1-3H3,(H,37,38). The van der Waals surface area contributed by atoms with Crippen molar-refractivity contribution in [2.45, 2.75) is 49.1 Å². The summed E-state index contributed by atoms with van der Waals surface area (Å²) in [4.78, 5) is 9.28. The lowest BCUT2D eigenvalue weighted by Gasteiger charge is -2.33. The van der Waals surface area contributed by atoms with Gasteiger partial charge in [0.2, 0.25) is 0 Å². The Balaban J connectivity index is 1.61. The molecule has 3 unspecified atom stereocenters. The maximum atomic E-state index is 13.7. The molecule has 0 saturated carbocycles. The first-order chi connectivity index (χ1) is 20.6. The number of rotatable bonds is 10. The molecule has 0 bridgehead atoms. The highest BCUT2D eigenvalue weighted by Gasteiger charge is 2.35. The third-order valence-electron chi connectivity index (χ3n) is 7.41. The topological polar surface area (TPSA) is 104 Å². The van der Waals surface area contributed by atoms with Gasteiger partial charge in [0, 0.05) is 18.1 Å². The van der Waals surface area contributed by atoms with Gasteiger partial charge in [0.05, 0.1) is 28.6 Å². The third kappa shape index (κ3) is 7.10. The quantitative estimate of drug-likeness (QED) is 0.158. The highest BCUT2D eigenvalue weighted by atomic mass is 32.2. The van der Waals surface area contributed by atoms with Crippen molar-refractivity contribution in [1.29, 1.82) is 0 Å². The predicted octanol–water partition coefficient (Wildman–Crippen LogP) is 7.25. The minimum atomic E-state index is -3.94. The van der Waals surface area contributed by atoms with Crippen LogP contribution in [-0.2, 0) is 15.4 Å². The Bertz CT molecular complexity index is 1730. The molecule has 220 valence electrons. The van der Waals surface area contributed by atoms with Crippen LogP contribution in [0.4, 0.5) is 11.5 Å². The molecule has 0 fully saturated rings. The first-order valence-corrected chi connectivity index (χ1v) is 15.7. The number of nitrogens with zero attached hydrogens (tertiary/aromatic N) is 2. The molecule has 3 atom stereocenters. The Kier molecular flexibility index (Phi) is 8.89. The number of aromatic nitrogens is 2. The molecule has 7 nitrogen and oxygen atoms in total. The molecule has 2 heterocycles. The molecular formula is C35H36N4O3S. The number of hydrogen-bond acceptors (Lipinski definition) is 6. The van der Waals surface area contributed by atoms with E-state index in [1.54, 1.807) is 36.7 Å². The Morgan fingerprint density at radius 3 is 1.98 bits per heavy atom. The van der Waals surface area contributed by atoms with Crippen LogP contribution in [0.2, 0.25) is 0 Å². The highest BCUT2D eigenvalue weighted by molar-refractivity contribution is 7.92. The summed E-state index contributed by atoms with van der Waals surface area (Å²) in [6, 6.07) is 34.0. The number of aliphatic hydroxyl groups excluding tert-OH is 1. The van der Waals surface area contributed by atoms with Gasteiger partial charge in [0.25, 0.3) is 10.0 Å². The van der Waals surface area contributed by atoms with E-state index in [9.17, 15) is 13.5 Å². The molecule has 5 rings (SSSR count). The maximum Gasteiger partial charge on any atom is 0.261 e. The Morgan fingerprint density at radius 2 is 1.35 bits per heavy atom. The fourth-order valence-electron chi connectivity index (χ4n) is 5.11. The number of benzene rings is 3. The fraction of sp³-hybridized carbons (Fsp3) is 0.200. The number of hydrogen-bond donors (Lipinski definition) is 3. The number of anilines is 2. The molecular weight excluding hydrogens is 556 g/mol. The lowest BCUT2D eigenvalue weighted by atomic mass is 9.82. The van der Waals surface area contributed by atoms with Crippen molar-refractivity contribution >= 4 is 21.5 Å². The van der Waals surface area contributed by atoms with E-state index in [4.69, 9.17) is 0 Å². The lowest BCUT2D eigenvalue weighted by molar-refractivity contribution is 0.133.